The molecule has 0 radical (unpaired) electrons. The molecule has 6 heteroatoms. The van der Waals surface area contributed by atoms with Gasteiger partial charge in [0, 0.05) is 28.7 Å². The first-order valence-electron chi connectivity index (χ1n) is 5.73. The monoisotopic (exact) mass is 338 g/mol. The summed E-state index contributed by atoms with van der Waals surface area (Å²) in [7, 11) is 0. The number of aromatic nitrogens is 1. The molecule has 2 aromatic carbocycles. The molecule has 0 aliphatic heterocycles. The highest BCUT2D eigenvalue weighted by atomic mass is 35.5. The molecule has 0 spiro atoms. The summed E-state index contributed by atoms with van der Waals surface area (Å²) in [5.74, 6) is 0. The summed E-state index contributed by atoms with van der Waals surface area (Å²) in [4.78, 5) is 4.49. The zero-order chi connectivity index (χ0) is 13.9. The first-order valence-corrected chi connectivity index (χ1v) is 8.08. The third kappa shape index (κ3) is 3.15. The van der Waals surface area contributed by atoms with Crippen molar-refractivity contribution in [3.8, 4) is 0 Å². The summed E-state index contributed by atoms with van der Waals surface area (Å²) in [6.45, 7) is 0. The predicted molar refractivity (Wildman–Crippen MR) is 89.5 cm³/mol. The van der Waals surface area contributed by atoms with Crippen LogP contribution in [-0.4, -0.2) is 11.2 Å². The van der Waals surface area contributed by atoms with Crippen molar-refractivity contribution in [1.82, 2.24) is 4.98 Å². The molecule has 3 aromatic rings. The Bertz CT molecular complexity index is 751. The molecule has 0 amide bonds. The first-order chi connectivity index (χ1) is 9.72. The van der Waals surface area contributed by atoms with Gasteiger partial charge < -0.3 is 0 Å². The van der Waals surface area contributed by atoms with Gasteiger partial charge in [0.05, 0.1) is 15.2 Å². The van der Waals surface area contributed by atoms with Crippen LogP contribution in [0.25, 0.3) is 10.2 Å². The van der Waals surface area contributed by atoms with Crippen LogP contribution in [0.15, 0.2) is 51.2 Å². The number of nitrogens with zero attached hydrogens (tertiary/aromatic N) is 2. The number of para-hydroxylation sites is 1. The minimum Gasteiger partial charge on any atom is -0.228 e. The molecule has 1 heterocycles. The van der Waals surface area contributed by atoms with Gasteiger partial charge in [-0.2, -0.15) is 0 Å². The second kappa shape index (κ2) is 6.14. The third-order valence-corrected chi connectivity index (χ3v) is 4.88. The van der Waals surface area contributed by atoms with Crippen LogP contribution in [0.4, 0.5) is 0 Å². The van der Waals surface area contributed by atoms with E-state index >= 15 is 0 Å². The van der Waals surface area contributed by atoms with Crippen LogP contribution in [0.3, 0.4) is 0 Å². The normalized spacial score (nSPS) is 11.5. The summed E-state index contributed by atoms with van der Waals surface area (Å²) in [5.41, 5.74) is 1.84. The molecule has 0 bridgehead atoms. The van der Waals surface area contributed by atoms with E-state index in [-0.39, 0.29) is 0 Å². The number of fused-ring (bicyclic) bond motifs is 1. The minimum atomic E-state index is 0.589. The summed E-state index contributed by atoms with van der Waals surface area (Å²) in [6.07, 6.45) is 1.72. The van der Waals surface area contributed by atoms with Crippen LogP contribution in [-0.2, 0) is 0 Å². The number of thiazole rings is 1. The van der Waals surface area contributed by atoms with Gasteiger partial charge in [-0.25, -0.2) is 9.38 Å². The Balaban J connectivity index is 1.76. The standard InChI is InChI=1S/C14H8Cl2N2S2/c15-10-6-5-9(11(16)7-10)8-17-20-14-18-12-3-1-2-4-13(12)19-14/h1-8H. The lowest BCUT2D eigenvalue weighted by molar-refractivity contribution is 1.30. The quantitative estimate of drug-likeness (QED) is 0.450. The van der Waals surface area contributed by atoms with E-state index in [1.54, 1.807) is 29.7 Å². The molecule has 0 aliphatic rings. The lowest BCUT2D eigenvalue weighted by Gasteiger charge is -1.97. The molecular formula is C14H8Cl2N2S2. The molecule has 1 aromatic heterocycles. The number of benzene rings is 2. The van der Waals surface area contributed by atoms with Crippen molar-refractivity contribution in [3.63, 3.8) is 0 Å². The smallest absolute Gasteiger partial charge is 0.173 e. The van der Waals surface area contributed by atoms with E-state index < -0.39 is 0 Å². The molecule has 2 nitrogen and oxygen atoms in total. The number of halogens is 2. The second-order valence-electron chi connectivity index (χ2n) is 3.94. The Morgan fingerprint density at radius 3 is 2.80 bits per heavy atom. The fourth-order valence-electron chi connectivity index (χ4n) is 1.62. The fourth-order valence-corrected chi connectivity index (χ4v) is 3.72. The highest BCUT2D eigenvalue weighted by molar-refractivity contribution is 8.00. The maximum Gasteiger partial charge on any atom is 0.173 e. The molecule has 0 saturated heterocycles. The molecule has 0 fully saturated rings. The molecule has 0 N–H and O–H groups in total. The van der Waals surface area contributed by atoms with Crippen LogP contribution in [0.1, 0.15) is 5.56 Å². The fraction of sp³-hybridized carbons (Fsp3) is 0. The van der Waals surface area contributed by atoms with E-state index in [4.69, 9.17) is 23.2 Å². The van der Waals surface area contributed by atoms with Crippen LogP contribution < -0.4 is 0 Å². The molecule has 0 atom stereocenters. The first kappa shape index (κ1) is 13.9. The van der Waals surface area contributed by atoms with Gasteiger partial charge in [0.1, 0.15) is 0 Å². The van der Waals surface area contributed by atoms with Gasteiger partial charge in [-0.05, 0) is 24.3 Å². The van der Waals surface area contributed by atoms with Crippen LogP contribution in [0.2, 0.25) is 10.0 Å². The van der Waals surface area contributed by atoms with Gasteiger partial charge in [0.2, 0.25) is 0 Å². The highest BCUT2D eigenvalue weighted by Crippen LogP contribution is 2.30. The second-order valence-corrected chi connectivity index (χ2v) is 6.85. The van der Waals surface area contributed by atoms with Crippen molar-refractivity contribution in [2.24, 2.45) is 4.40 Å². The lowest BCUT2D eigenvalue weighted by atomic mass is 10.2. The molecular weight excluding hydrogens is 331 g/mol. The van der Waals surface area contributed by atoms with Crippen molar-refractivity contribution >= 4 is 62.9 Å². The Labute approximate surface area is 134 Å². The third-order valence-electron chi connectivity index (χ3n) is 2.56. The average Bonchev–Trinajstić information content (AvgIpc) is 2.84. The average molecular weight is 339 g/mol. The van der Waals surface area contributed by atoms with Crippen molar-refractivity contribution in [2.45, 2.75) is 4.34 Å². The van der Waals surface area contributed by atoms with Crippen molar-refractivity contribution < 1.29 is 0 Å². The predicted octanol–water partition coefficient (Wildman–Crippen LogP) is 5.73. The van der Waals surface area contributed by atoms with Gasteiger partial charge in [0.25, 0.3) is 0 Å². The van der Waals surface area contributed by atoms with Gasteiger partial charge in [-0.3, -0.25) is 0 Å². The number of hydrogen-bond acceptors (Lipinski definition) is 4. The van der Waals surface area contributed by atoms with Gasteiger partial charge in [-0.15, -0.1) is 11.3 Å². The SMILES string of the molecule is Clc1ccc(C=NSc2nc3ccccc3s2)c(Cl)c1. The van der Waals surface area contributed by atoms with E-state index in [0.717, 1.165) is 20.1 Å². The van der Waals surface area contributed by atoms with Gasteiger partial charge in [-0.1, -0.05) is 41.4 Å². The van der Waals surface area contributed by atoms with Crippen LogP contribution >= 0.6 is 46.5 Å². The molecule has 3 rings (SSSR count). The van der Waals surface area contributed by atoms with E-state index in [0.29, 0.717) is 10.0 Å². The highest BCUT2D eigenvalue weighted by Gasteiger charge is 2.03. The summed E-state index contributed by atoms with van der Waals surface area (Å²) >= 11 is 14.9. The van der Waals surface area contributed by atoms with Crippen molar-refractivity contribution in [1.29, 1.82) is 0 Å². The molecule has 0 aliphatic carbocycles. The lowest BCUT2D eigenvalue weighted by Crippen LogP contribution is -1.81. The maximum atomic E-state index is 6.08. The van der Waals surface area contributed by atoms with E-state index in [9.17, 15) is 0 Å². The Morgan fingerprint density at radius 2 is 2.00 bits per heavy atom. The van der Waals surface area contributed by atoms with Crippen molar-refractivity contribution in [2.75, 3.05) is 0 Å². The summed E-state index contributed by atoms with van der Waals surface area (Å²) in [6, 6.07) is 13.4. The van der Waals surface area contributed by atoms with E-state index in [1.165, 1.54) is 11.9 Å². The Morgan fingerprint density at radius 1 is 1.15 bits per heavy atom. The topological polar surface area (TPSA) is 25.2 Å². The van der Waals surface area contributed by atoms with E-state index in [1.807, 2.05) is 24.3 Å². The minimum absolute atomic E-state index is 0.589. The van der Waals surface area contributed by atoms with Crippen LogP contribution in [0, 0.1) is 0 Å². The zero-order valence-electron chi connectivity index (χ0n) is 10.1. The largest absolute Gasteiger partial charge is 0.228 e. The molecule has 0 saturated carbocycles. The molecule has 20 heavy (non-hydrogen) atoms. The molecule has 0 unspecified atom stereocenters. The van der Waals surface area contributed by atoms with Crippen LogP contribution in [0.5, 0.6) is 0 Å². The number of rotatable bonds is 3. The summed E-state index contributed by atoms with van der Waals surface area (Å²) in [5, 5.41) is 1.21. The van der Waals surface area contributed by atoms with Gasteiger partial charge >= 0.3 is 0 Å². The zero-order valence-corrected chi connectivity index (χ0v) is 13.2. The number of hydrogen-bond donors (Lipinski definition) is 0. The van der Waals surface area contributed by atoms with Gasteiger partial charge in [0.15, 0.2) is 4.34 Å². The summed E-state index contributed by atoms with van der Waals surface area (Å²) < 4.78 is 6.38. The maximum absolute atomic E-state index is 6.08. The Hall–Kier alpha value is -1.07. The van der Waals surface area contributed by atoms with Crippen molar-refractivity contribution in [3.05, 3.63) is 58.1 Å². The Kier molecular flexibility index (Phi) is 4.27. The van der Waals surface area contributed by atoms with E-state index in [2.05, 4.69) is 15.4 Å². The molecule has 100 valence electrons.